The third-order valence-corrected chi connectivity index (χ3v) is 3.23. The number of rotatable bonds is 4. The first-order valence-electron chi connectivity index (χ1n) is 4.01. The standard InChI is InChI=1S/C10H14OS2/c1-11-9-4-5-10(13-3)8(6-9)7-12-2/h4-6H,7H2,1-3H3. The van der Waals surface area contributed by atoms with Crippen LogP contribution < -0.4 is 4.74 Å². The Labute approximate surface area is 88.3 Å². The molecule has 1 aromatic carbocycles. The molecule has 0 spiro atoms. The molecule has 0 unspecified atom stereocenters. The maximum atomic E-state index is 5.18. The summed E-state index contributed by atoms with van der Waals surface area (Å²) in [5.41, 5.74) is 1.36. The van der Waals surface area contributed by atoms with Crippen LogP contribution >= 0.6 is 23.5 Å². The van der Waals surface area contributed by atoms with Gasteiger partial charge >= 0.3 is 0 Å². The molecule has 0 saturated heterocycles. The van der Waals surface area contributed by atoms with Gasteiger partial charge in [0.2, 0.25) is 0 Å². The summed E-state index contributed by atoms with van der Waals surface area (Å²) in [6.45, 7) is 0. The Hall–Kier alpha value is -0.280. The molecule has 1 rings (SSSR count). The van der Waals surface area contributed by atoms with Gasteiger partial charge in [-0.25, -0.2) is 0 Å². The van der Waals surface area contributed by atoms with Crippen molar-refractivity contribution in [2.24, 2.45) is 0 Å². The molecule has 0 aliphatic rings. The Morgan fingerprint density at radius 3 is 2.62 bits per heavy atom. The van der Waals surface area contributed by atoms with Crippen LogP contribution in [0.1, 0.15) is 5.56 Å². The van der Waals surface area contributed by atoms with Crippen LogP contribution in [0.15, 0.2) is 23.1 Å². The van der Waals surface area contributed by atoms with Gasteiger partial charge in [0, 0.05) is 10.6 Å². The van der Waals surface area contributed by atoms with E-state index in [1.807, 2.05) is 17.8 Å². The Kier molecular flexibility index (Phi) is 4.53. The van der Waals surface area contributed by atoms with Crippen LogP contribution in [0.4, 0.5) is 0 Å². The Morgan fingerprint density at radius 2 is 2.08 bits per heavy atom. The molecule has 0 radical (unpaired) electrons. The molecule has 0 aliphatic heterocycles. The fourth-order valence-electron chi connectivity index (χ4n) is 1.15. The predicted molar refractivity (Wildman–Crippen MR) is 62.0 cm³/mol. The monoisotopic (exact) mass is 214 g/mol. The lowest BCUT2D eigenvalue weighted by atomic mass is 10.2. The average Bonchev–Trinajstić information content (AvgIpc) is 2.18. The quantitative estimate of drug-likeness (QED) is 0.712. The number of methoxy groups -OCH3 is 1. The van der Waals surface area contributed by atoms with Crippen molar-refractivity contribution in [2.45, 2.75) is 10.6 Å². The minimum Gasteiger partial charge on any atom is -0.497 e. The second kappa shape index (κ2) is 5.45. The molecule has 0 N–H and O–H groups in total. The maximum Gasteiger partial charge on any atom is 0.119 e. The highest BCUT2D eigenvalue weighted by Gasteiger charge is 2.02. The molecule has 0 aromatic heterocycles. The summed E-state index contributed by atoms with van der Waals surface area (Å²) in [4.78, 5) is 1.34. The van der Waals surface area contributed by atoms with Crippen LogP contribution in [0.5, 0.6) is 5.75 Å². The zero-order valence-electron chi connectivity index (χ0n) is 8.16. The van der Waals surface area contributed by atoms with Crippen molar-refractivity contribution < 1.29 is 4.74 Å². The topological polar surface area (TPSA) is 9.23 Å². The third kappa shape index (κ3) is 2.85. The summed E-state index contributed by atoms with van der Waals surface area (Å²) in [7, 11) is 1.71. The first kappa shape index (κ1) is 10.8. The van der Waals surface area contributed by atoms with E-state index in [4.69, 9.17) is 4.74 Å². The van der Waals surface area contributed by atoms with Crippen LogP contribution in [0.2, 0.25) is 0 Å². The molecule has 0 bridgehead atoms. The molecule has 0 aliphatic carbocycles. The summed E-state index contributed by atoms with van der Waals surface area (Å²) < 4.78 is 5.18. The molecule has 0 atom stereocenters. The van der Waals surface area contributed by atoms with Crippen LogP contribution in [-0.4, -0.2) is 19.6 Å². The van der Waals surface area contributed by atoms with E-state index in [1.54, 1.807) is 18.9 Å². The van der Waals surface area contributed by atoms with Gasteiger partial charge in [-0.2, -0.15) is 11.8 Å². The normalized spacial score (nSPS) is 10.1. The summed E-state index contributed by atoms with van der Waals surface area (Å²) in [5, 5.41) is 0. The summed E-state index contributed by atoms with van der Waals surface area (Å²) in [6, 6.07) is 6.24. The molecule has 1 aromatic rings. The van der Waals surface area contributed by atoms with Gasteiger partial charge in [-0.15, -0.1) is 11.8 Å². The molecular weight excluding hydrogens is 200 g/mol. The second-order valence-electron chi connectivity index (χ2n) is 2.61. The van der Waals surface area contributed by atoms with E-state index in [0.717, 1.165) is 11.5 Å². The van der Waals surface area contributed by atoms with Gasteiger partial charge in [0.15, 0.2) is 0 Å². The highest BCUT2D eigenvalue weighted by atomic mass is 32.2. The van der Waals surface area contributed by atoms with Crippen molar-refractivity contribution in [3.05, 3.63) is 23.8 Å². The minimum absolute atomic E-state index is 0.946. The molecular formula is C10H14OS2. The van der Waals surface area contributed by atoms with E-state index in [0.29, 0.717) is 0 Å². The fraction of sp³-hybridized carbons (Fsp3) is 0.400. The van der Waals surface area contributed by atoms with Crippen LogP contribution in [0.25, 0.3) is 0 Å². The summed E-state index contributed by atoms with van der Waals surface area (Å²) >= 11 is 3.62. The average molecular weight is 214 g/mol. The molecule has 72 valence electrons. The van der Waals surface area contributed by atoms with E-state index in [-0.39, 0.29) is 0 Å². The van der Waals surface area contributed by atoms with Crippen molar-refractivity contribution in [1.29, 1.82) is 0 Å². The van der Waals surface area contributed by atoms with Crippen molar-refractivity contribution in [2.75, 3.05) is 19.6 Å². The van der Waals surface area contributed by atoms with Crippen molar-refractivity contribution >= 4 is 23.5 Å². The van der Waals surface area contributed by atoms with Gasteiger partial charge in [-0.05, 0) is 36.3 Å². The van der Waals surface area contributed by atoms with E-state index < -0.39 is 0 Å². The lowest BCUT2D eigenvalue weighted by Crippen LogP contribution is -1.88. The minimum atomic E-state index is 0.946. The first-order chi connectivity index (χ1) is 6.31. The van der Waals surface area contributed by atoms with Gasteiger partial charge in [0.25, 0.3) is 0 Å². The molecule has 1 nitrogen and oxygen atoms in total. The van der Waals surface area contributed by atoms with Crippen molar-refractivity contribution in [1.82, 2.24) is 0 Å². The van der Waals surface area contributed by atoms with Crippen molar-refractivity contribution in [3.8, 4) is 5.75 Å². The molecule has 0 heterocycles. The van der Waals surface area contributed by atoms with Crippen LogP contribution in [-0.2, 0) is 5.75 Å². The van der Waals surface area contributed by atoms with Crippen LogP contribution in [0.3, 0.4) is 0 Å². The smallest absolute Gasteiger partial charge is 0.119 e. The number of benzene rings is 1. The Morgan fingerprint density at radius 1 is 1.31 bits per heavy atom. The largest absolute Gasteiger partial charge is 0.497 e. The van der Waals surface area contributed by atoms with Crippen LogP contribution in [0, 0.1) is 0 Å². The number of ether oxygens (including phenoxy) is 1. The maximum absolute atomic E-state index is 5.18. The molecule has 0 amide bonds. The predicted octanol–water partition coefficient (Wildman–Crippen LogP) is 3.28. The van der Waals surface area contributed by atoms with Gasteiger partial charge in [-0.1, -0.05) is 0 Å². The lowest BCUT2D eigenvalue weighted by molar-refractivity contribution is 0.414. The SMILES string of the molecule is COc1ccc(SC)c(CSC)c1. The van der Waals surface area contributed by atoms with Crippen molar-refractivity contribution in [3.63, 3.8) is 0 Å². The molecule has 13 heavy (non-hydrogen) atoms. The summed E-state index contributed by atoms with van der Waals surface area (Å²) in [5.74, 6) is 2.00. The van der Waals surface area contributed by atoms with Gasteiger partial charge in [-0.3, -0.25) is 0 Å². The number of hydrogen-bond acceptors (Lipinski definition) is 3. The zero-order valence-corrected chi connectivity index (χ0v) is 9.80. The highest BCUT2D eigenvalue weighted by Crippen LogP contribution is 2.27. The number of thioether (sulfide) groups is 2. The van der Waals surface area contributed by atoms with E-state index in [1.165, 1.54) is 10.5 Å². The molecule has 0 fully saturated rings. The fourth-order valence-corrected chi connectivity index (χ4v) is 2.39. The van der Waals surface area contributed by atoms with E-state index in [9.17, 15) is 0 Å². The highest BCUT2D eigenvalue weighted by molar-refractivity contribution is 7.99. The first-order valence-corrected chi connectivity index (χ1v) is 6.63. The lowest BCUT2D eigenvalue weighted by Gasteiger charge is -2.07. The van der Waals surface area contributed by atoms with E-state index >= 15 is 0 Å². The number of hydrogen-bond donors (Lipinski definition) is 0. The third-order valence-electron chi connectivity index (χ3n) is 1.79. The van der Waals surface area contributed by atoms with Gasteiger partial charge in [0.05, 0.1) is 7.11 Å². The second-order valence-corrected chi connectivity index (χ2v) is 4.32. The van der Waals surface area contributed by atoms with Gasteiger partial charge in [0.1, 0.15) is 5.75 Å². The zero-order chi connectivity index (χ0) is 9.68. The molecule has 3 heteroatoms. The Bertz CT molecular complexity index is 274. The van der Waals surface area contributed by atoms with E-state index in [2.05, 4.69) is 24.6 Å². The summed E-state index contributed by atoms with van der Waals surface area (Å²) in [6.07, 6.45) is 4.22. The molecule has 0 saturated carbocycles. The Balaban J connectivity index is 2.95. The van der Waals surface area contributed by atoms with Gasteiger partial charge < -0.3 is 4.74 Å².